The van der Waals surface area contributed by atoms with E-state index < -0.39 is 22.0 Å². The maximum absolute atomic E-state index is 12.6. The largest absolute Gasteiger partial charge is 0.493 e. The Morgan fingerprint density at radius 1 is 1.00 bits per heavy atom. The molecule has 1 atom stereocenters. The predicted molar refractivity (Wildman–Crippen MR) is 104 cm³/mol. The summed E-state index contributed by atoms with van der Waals surface area (Å²) in [5.41, 5.74) is 2.54. The number of carbonyl (C=O) groups is 1. The normalized spacial score (nSPS) is 12.3. The van der Waals surface area contributed by atoms with Crippen molar-refractivity contribution >= 4 is 21.6 Å². The van der Waals surface area contributed by atoms with E-state index in [-0.39, 0.29) is 10.6 Å². The zero-order chi connectivity index (χ0) is 20.2. The van der Waals surface area contributed by atoms with Gasteiger partial charge in [-0.05, 0) is 50.1 Å². The molecule has 0 heterocycles. The second kappa shape index (κ2) is 8.41. The van der Waals surface area contributed by atoms with Crippen molar-refractivity contribution in [1.29, 1.82) is 0 Å². The van der Waals surface area contributed by atoms with Crippen LogP contribution in [-0.2, 0) is 14.8 Å². The second-order valence-electron chi connectivity index (χ2n) is 6.17. The molecule has 2 rings (SSSR count). The maximum Gasteiger partial charge on any atom is 0.242 e. The molecule has 0 saturated heterocycles. The third-order valence-electron chi connectivity index (χ3n) is 4.04. The van der Waals surface area contributed by atoms with Gasteiger partial charge in [0.05, 0.1) is 25.2 Å². The summed E-state index contributed by atoms with van der Waals surface area (Å²) in [7, 11) is -1.04. The molecule has 8 heteroatoms. The van der Waals surface area contributed by atoms with Crippen LogP contribution in [0.25, 0.3) is 0 Å². The summed E-state index contributed by atoms with van der Waals surface area (Å²) < 4.78 is 37.8. The predicted octanol–water partition coefficient (Wildman–Crippen LogP) is 2.63. The first-order valence-electron chi connectivity index (χ1n) is 8.30. The van der Waals surface area contributed by atoms with E-state index in [1.54, 1.807) is 0 Å². The van der Waals surface area contributed by atoms with Crippen molar-refractivity contribution in [3.63, 3.8) is 0 Å². The Labute approximate surface area is 159 Å². The van der Waals surface area contributed by atoms with Gasteiger partial charge in [0.1, 0.15) is 0 Å². The Bertz CT molecular complexity index is 941. The topological polar surface area (TPSA) is 93.7 Å². The van der Waals surface area contributed by atoms with E-state index in [0.29, 0.717) is 11.4 Å². The van der Waals surface area contributed by atoms with Gasteiger partial charge in [-0.3, -0.25) is 4.79 Å². The number of nitrogens with one attached hydrogen (secondary N) is 2. The molecule has 146 valence electrons. The number of amides is 1. The molecule has 2 N–H and O–H groups in total. The number of ether oxygens (including phenoxy) is 2. The van der Waals surface area contributed by atoms with Crippen LogP contribution in [0.4, 0.5) is 5.69 Å². The van der Waals surface area contributed by atoms with Crippen LogP contribution < -0.4 is 19.5 Å². The summed E-state index contributed by atoms with van der Waals surface area (Å²) in [6, 6.07) is 8.92. The number of aryl methyl sites for hydroxylation is 2. The Morgan fingerprint density at radius 2 is 1.67 bits per heavy atom. The highest BCUT2D eigenvalue weighted by Gasteiger charge is 2.23. The summed E-state index contributed by atoms with van der Waals surface area (Å²) in [5.74, 6) is 0.248. The van der Waals surface area contributed by atoms with E-state index in [0.717, 1.165) is 11.1 Å². The summed E-state index contributed by atoms with van der Waals surface area (Å²) in [4.78, 5) is 12.4. The van der Waals surface area contributed by atoms with Crippen LogP contribution in [0.1, 0.15) is 18.1 Å². The van der Waals surface area contributed by atoms with Crippen LogP contribution in [-0.4, -0.2) is 34.6 Å². The molecule has 0 unspecified atom stereocenters. The lowest BCUT2D eigenvalue weighted by Gasteiger charge is -2.16. The molecule has 2 aromatic carbocycles. The molecule has 0 aromatic heterocycles. The Balaban J connectivity index is 2.17. The highest BCUT2D eigenvalue weighted by atomic mass is 32.2. The van der Waals surface area contributed by atoms with Crippen molar-refractivity contribution in [3.05, 3.63) is 47.5 Å². The second-order valence-corrected chi connectivity index (χ2v) is 7.88. The van der Waals surface area contributed by atoms with Gasteiger partial charge in [0.25, 0.3) is 0 Å². The highest BCUT2D eigenvalue weighted by Crippen LogP contribution is 2.29. The fourth-order valence-electron chi connectivity index (χ4n) is 2.45. The van der Waals surface area contributed by atoms with E-state index in [1.807, 2.05) is 32.0 Å². The lowest BCUT2D eigenvalue weighted by Crippen LogP contribution is -2.41. The van der Waals surface area contributed by atoms with E-state index in [9.17, 15) is 13.2 Å². The third kappa shape index (κ3) is 4.99. The molecule has 0 fully saturated rings. The Hall–Kier alpha value is -2.58. The zero-order valence-corrected chi connectivity index (χ0v) is 16.8. The van der Waals surface area contributed by atoms with Gasteiger partial charge in [0.2, 0.25) is 15.9 Å². The van der Waals surface area contributed by atoms with Gasteiger partial charge in [-0.25, -0.2) is 8.42 Å². The summed E-state index contributed by atoms with van der Waals surface area (Å²) in [6.07, 6.45) is 0. The highest BCUT2D eigenvalue weighted by molar-refractivity contribution is 7.89. The lowest BCUT2D eigenvalue weighted by molar-refractivity contribution is -0.117. The van der Waals surface area contributed by atoms with Gasteiger partial charge >= 0.3 is 0 Å². The van der Waals surface area contributed by atoms with Crippen molar-refractivity contribution in [2.75, 3.05) is 19.5 Å². The molecule has 0 bridgehead atoms. The van der Waals surface area contributed by atoms with E-state index in [1.165, 1.54) is 39.3 Å². The van der Waals surface area contributed by atoms with Crippen LogP contribution >= 0.6 is 0 Å². The van der Waals surface area contributed by atoms with Crippen molar-refractivity contribution in [3.8, 4) is 11.5 Å². The number of methoxy groups -OCH3 is 2. The third-order valence-corrected chi connectivity index (χ3v) is 5.58. The molecule has 0 spiro atoms. The SMILES string of the molecule is COc1ccc(S(=O)(=O)N[C@H](C)C(=O)Nc2cc(C)ccc2C)cc1OC. The van der Waals surface area contributed by atoms with E-state index >= 15 is 0 Å². The molecule has 0 aliphatic heterocycles. The molecule has 0 aliphatic rings. The minimum absolute atomic E-state index is 0.0217. The monoisotopic (exact) mass is 392 g/mol. The van der Waals surface area contributed by atoms with Crippen molar-refractivity contribution in [1.82, 2.24) is 4.72 Å². The van der Waals surface area contributed by atoms with Gasteiger partial charge < -0.3 is 14.8 Å². The van der Waals surface area contributed by atoms with Crippen LogP contribution in [0.2, 0.25) is 0 Å². The van der Waals surface area contributed by atoms with Crippen molar-refractivity contribution in [2.24, 2.45) is 0 Å². The van der Waals surface area contributed by atoms with Gasteiger partial charge in [-0.2, -0.15) is 4.72 Å². The average Bonchev–Trinajstić information content (AvgIpc) is 2.63. The number of benzene rings is 2. The van der Waals surface area contributed by atoms with Gasteiger partial charge in [0.15, 0.2) is 11.5 Å². The Kier molecular flexibility index (Phi) is 6.45. The van der Waals surface area contributed by atoms with Crippen LogP contribution in [0, 0.1) is 13.8 Å². The minimum atomic E-state index is -3.92. The molecule has 0 saturated carbocycles. The molecule has 0 radical (unpaired) electrons. The number of hydrogen-bond donors (Lipinski definition) is 2. The van der Waals surface area contributed by atoms with Crippen LogP contribution in [0.5, 0.6) is 11.5 Å². The smallest absolute Gasteiger partial charge is 0.242 e. The van der Waals surface area contributed by atoms with Crippen molar-refractivity contribution < 1.29 is 22.7 Å². The number of rotatable bonds is 7. The lowest BCUT2D eigenvalue weighted by atomic mass is 10.1. The average molecular weight is 392 g/mol. The van der Waals surface area contributed by atoms with E-state index in [4.69, 9.17) is 9.47 Å². The van der Waals surface area contributed by atoms with Gasteiger partial charge in [-0.1, -0.05) is 12.1 Å². The van der Waals surface area contributed by atoms with Crippen LogP contribution in [0.3, 0.4) is 0 Å². The van der Waals surface area contributed by atoms with Gasteiger partial charge in [-0.15, -0.1) is 0 Å². The standard InChI is InChI=1S/C19H24N2O5S/c1-12-6-7-13(2)16(10-12)20-19(22)14(3)21-27(23,24)15-8-9-17(25-4)18(11-15)26-5/h6-11,14,21H,1-5H3,(H,20,22)/t14-/m1/s1. The molecule has 1 amide bonds. The fourth-order valence-corrected chi connectivity index (χ4v) is 3.67. The van der Waals surface area contributed by atoms with E-state index in [2.05, 4.69) is 10.0 Å². The summed E-state index contributed by atoms with van der Waals surface area (Å²) >= 11 is 0. The molecular formula is C19H24N2O5S. The molecule has 7 nitrogen and oxygen atoms in total. The number of carbonyl (C=O) groups excluding carboxylic acids is 1. The van der Waals surface area contributed by atoms with Crippen LogP contribution in [0.15, 0.2) is 41.3 Å². The van der Waals surface area contributed by atoms with Crippen molar-refractivity contribution in [2.45, 2.75) is 31.7 Å². The first-order valence-corrected chi connectivity index (χ1v) is 9.78. The summed E-state index contributed by atoms with van der Waals surface area (Å²) in [5, 5.41) is 2.76. The Morgan fingerprint density at radius 3 is 2.30 bits per heavy atom. The number of sulfonamides is 1. The quantitative estimate of drug-likeness (QED) is 0.755. The number of hydrogen-bond acceptors (Lipinski definition) is 5. The molecule has 27 heavy (non-hydrogen) atoms. The first-order chi connectivity index (χ1) is 12.7. The van der Waals surface area contributed by atoms with Gasteiger partial charge in [0, 0.05) is 11.8 Å². The molecular weight excluding hydrogens is 368 g/mol. The maximum atomic E-state index is 12.6. The minimum Gasteiger partial charge on any atom is -0.493 e. The molecule has 2 aromatic rings. The zero-order valence-electron chi connectivity index (χ0n) is 16.0. The fraction of sp³-hybridized carbons (Fsp3) is 0.316. The summed E-state index contributed by atoms with van der Waals surface area (Å²) in [6.45, 7) is 5.27. The first kappa shape index (κ1) is 20.7. The number of anilines is 1. The molecule has 0 aliphatic carbocycles.